The van der Waals surface area contributed by atoms with Crippen molar-refractivity contribution in [1.82, 2.24) is 0 Å². The van der Waals surface area contributed by atoms with Crippen LogP contribution in [0.3, 0.4) is 0 Å². The largest absolute Gasteiger partial charge is 0.400 e. The second-order valence-corrected chi connectivity index (χ2v) is 1.59. The first-order chi connectivity index (χ1) is 5.30. The zero-order valence-corrected chi connectivity index (χ0v) is 6.10. The van der Waals surface area contributed by atoms with Crippen LogP contribution >= 0.6 is 0 Å². The van der Waals surface area contributed by atoms with Gasteiger partial charge in [0.1, 0.15) is 0 Å². The molecule has 0 atom stereocenters. The van der Waals surface area contributed by atoms with Crippen LogP contribution in [-0.2, 0) is 0 Å². The molecule has 1 aromatic carbocycles. The lowest BCUT2D eigenvalue weighted by Gasteiger charge is -1.85. The zero-order chi connectivity index (χ0) is 8.69. The minimum absolute atomic E-state index is 0. The number of aliphatic hydroxyl groups excluding tert-OH is 1. The lowest BCUT2D eigenvalue weighted by atomic mass is 10.3. The van der Waals surface area contributed by atoms with Gasteiger partial charge in [0.2, 0.25) is 0 Å². The fourth-order valence-electron chi connectivity index (χ4n) is 0.550. The molecule has 12 heavy (non-hydrogen) atoms. The lowest BCUT2D eigenvalue weighted by molar-refractivity contribution is -0.384. The first kappa shape index (κ1) is 13.2. The third-order valence-corrected chi connectivity index (χ3v) is 0.967. The van der Waals surface area contributed by atoms with Crippen molar-refractivity contribution in [3.63, 3.8) is 0 Å². The smallest absolute Gasteiger partial charge is 0.269 e. The summed E-state index contributed by atoms with van der Waals surface area (Å²) in [5, 5.41) is 17.0. The van der Waals surface area contributed by atoms with Crippen molar-refractivity contribution in [3.8, 4) is 0 Å². The highest BCUT2D eigenvalue weighted by atomic mass is 16.6. The van der Waals surface area contributed by atoms with Gasteiger partial charge in [-0.1, -0.05) is 25.6 Å². The summed E-state index contributed by atoms with van der Waals surface area (Å²) >= 11 is 0. The van der Waals surface area contributed by atoms with E-state index in [-0.39, 0.29) is 13.1 Å². The average molecular weight is 171 g/mol. The number of hydrogen-bond donors (Lipinski definition) is 1. The number of hydrogen-bond acceptors (Lipinski definition) is 3. The number of rotatable bonds is 1. The molecule has 0 aromatic heterocycles. The van der Waals surface area contributed by atoms with E-state index in [1.807, 2.05) is 0 Å². The van der Waals surface area contributed by atoms with Gasteiger partial charge in [-0.2, -0.15) is 0 Å². The predicted molar refractivity (Wildman–Crippen MR) is 48.0 cm³/mol. The van der Waals surface area contributed by atoms with Gasteiger partial charge >= 0.3 is 0 Å². The third kappa shape index (κ3) is 4.40. The fourth-order valence-corrected chi connectivity index (χ4v) is 0.550. The van der Waals surface area contributed by atoms with E-state index in [2.05, 4.69) is 0 Å². The van der Waals surface area contributed by atoms with Crippen LogP contribution in [0.2, 0.25) is 0 Å². The third-order valence-electron chi connectivity index (χ3n) is 0.967. The van der Waals surface area contributed by atoms with Crippen molar-refractivity contribution in [2.24, 2.45) is 0 Å². The van der Waals surface area contributed by atoms with Crippen LogP contribution in [0.15, 0.2) is 30.3 Å². The summed E-state index contributed by atoms with van der Waals surface area (Å²) < 4.78 is 0. The molecule has 0 saturated carbocycles. The molecule has 0 spiro atoms. The Hall–Kier alpha value is -1.42. The molecular weight excluding hydrogens is 158 g/mol. The SMILES string of the molecule is C.CO.O=[N+]([O-])c1ccccc1. The highest BCUT2D eigenvalue weighted by Crippen LogP contribution is 2.06. The highest BCUT2D eigenvalue weighted by Gasteiger charge is 1.98. The quantitative estimate of drug-likeness (QED) is 0.518. The van der Waals surface area contributed by atoms with E-state index in [0.29, 0.717) is 0 Å². The first-order valence-electron chi connectivity index (χ1n) is 2.95. The Labute approximate surface area is 71.6 Å². The Morgan fingerprint density at radius 3 is 1.92 bits per heavy atom. The number of aliphatic hydroxyl groups is 1. The summed E-state index contributed by atoms with van der Waals surface area (Å²) in [5.74, 6) is 0. The highest BCUT2D eigenvalue weighted by molar-refractivity contribution is 5.27. The van der Waals surface area contributed by atoms with Crippen molar-refractivity contribution in [1.29, 1.82) is 0 Å². The van der Waals surface area contributed by atoms with Crippen molar-refractivity contribution in [3.05, 3.63) is 40.4 Å². The summed E-state index contributed by atoms with van der Waals surface area (Å²) in [7, 11) is 1.00. The first-order valence-corrected chi connectivity index (χ1v) is 2.95. The van der Waals surface area contributed by atoms with Crippen LogP contribution in [0, 0.1) is 10.1 Å². The van der Waals surface area contributed by atoms with Crippen molar-refractivity contribution in [2.45, 2.75) is 7.43 Å². The Morgan fingerprint density at radius 1 is 1.25 bits per heavy atom. The molecular formula is C8H13NO3. The maximum Gasteiger partial charge on any atom is 0.269 e. The van der Waals surface area contributed by atoms with E-state index in [0.717, 1.165) is 7.11 Å². The molecule has 68 valence electrons. The maximum absolute atomic E-state index is 10.0. The van der Waals surface area contributed by atoms with Crippen LogP contribution in [0.4, 0.5) is 5.69 Å². The van der Waals surface area contributed by atoms with Crippen LogP contribution < -0.4 is 0 Å². The molecule has 0 aliphatic heterocycles. The standard InChI is InChI=1S/C6H5NO2.CH4O.CH4/c8-7(9)6-4-2-1-3-5-6;1-2;/h1-5H;2H,1H3;1H4. The molecule has 1 aromatic rings. The van der Waals surface area contributed by atoms with E-state index in [1.165, 1.54) is 12.1 Å². The van der Waals surface area contributed by atoms with Gasteiger partial charge in [0.05, 0.1) is 4.92 Å². The minimum Gasteiger partial charge on any atom is -0.400 e. The van der Waals surface area contributed by atoms with Crippen molar-refractivity contribution in [2.75, 3.05) is 7.11 Å². The Morgan fingerprint density at radius 2 is 1.67 bits per heavy atom. The summed E-state index contributed by atoms with van der Waals surface area (Å²) in [6.45, 7) is 0. The van der Waals surface area contributed by atoms with Crippen molar-refractivity contribution >= 4 is 5.69 Å². The number of para-hydroxylation sites is 1. The lowest BCUT2D eigenvalue weighted by Crippen LogP contribution is -1.84. The van der Waals surface area contributed by atoms with Gasteiger partial charge < -0.3 is 5.11 Å². The number of nitro groups is 1. The number of nitrogens with zero attached hydrogens (tertiary/aromatic N) is 1. The normalized spacial score (nSPS) is 7.17. The molecule has 0 aliphatic carbocycles. The molecule has 0 heterocycles. The topological polar surface area (TPSA) is 63.4 Å². The van der Waals surface area contributed by atoms with Crippen LogP contribution in [0.5, 0.6) is 0 Å². The Kier molecular flexibility index (Phi) is 8.45. The Bertz CT molecular complexity index is 211. The molecule has 0 saturated heterocycles. The number of non-ortho nitro benzene ring substituents is 1. The van der Waals surface area contributed by atoms with Gasteiger partial charge in [-0.3, -0.25) is 10.1 Å². The van der Waals surface area contributed by atoms with Gasteiger partial charge in [0.25, 0.3) is 5.69 Å². The zero-order valence-electron chi connectivity index (χ0n) is 6.10. The number of benzene rings is 1. The minimum atomic E-state index is -0.417. The monoisotopic (exact) mass is 171 g/mol. The van der Waals surface area contributed by atoms with Gasteiger partial charge in [-0.15, -0.1) is 0 Å². The molecule has 0 fully saturated rings. The van der Waals surface area contributed by atoms with Crippen molar-refractivity contribution < 1.29 is 10.0 Å². The van der Waals surface area contributed by atoms with Gasteiger partial charge in [0.15, 0.2) is 0 Å². The number of nitro benzene ring substituents is 1. The summed E-state index contributed by atoms with van der Waals surface area (Å²) in [4.78, 5) is 9.59. The maximum atomic E-state index is 10.0. The second kappa shape index (κ2) is 7.68. The van der Waals surface area contributed by atoms with E-state index < -0.39 is 4.92 Å². The van der Waals surface area contributed by atoms with Crippen LogP contribution in [-0.4, -0.2) is 17.1 Å². The second-order valence-electron chi connectivity index (χ2n) is 1.59. The van der Waals surface area contributed by atoms with E-state index in [9.17, 15) is 10.1 Å². The molecule has 0 bridgehead atoms. The molecule has 0 unspecified atom stereocenters. The molecule has 0 radical (unpaired) electrons. The summed E-state index contributed by atoms with van der Waals surface area (Å²) in [6, 6.07) is 7.93. The summed E-state index contributed by atoms with van der Waals surface area (Å²) in [6.07, 6.45) is 0. The molecule has 0 amide bonds. The van der Waals surface area contributed by atoms with Crippen LogP contribution in [0.25, 0.3) is 0 Å². The van der Waals surface area contributed by atoms with Gasteiger partial charge in [-0.05, 0) is 0 Å². The molecule has 1 rings (SSSR count). The van der Waals surface area contributed by atoms with E-state index in [4.69, 9.17) is 5.11 Å². The molecule has 4 heteroatoms. The molecule has 1 N–H and O–H groups in total. The molecule has 4 nitrogen and oxygen atoms in total. The van der Waals surface area contributed by atoms with E-state index >= 15 is 0 Å². The van der Waals surface area contributed by atoms with Crippen LogP contribution in [0.1, 0.15) is 7.43 Å². The van der Waals surface area contributed by atoms with Gasteiger partial charge in [-0.25, -0.2) is 0 Å². The Balaban J connectivity index is 0. The van der Waals surface area contributed by atoms with Gasteiger partial charge in [0, 0.05) is 19.2 Å². The van der Waals surface area contributed by atoms with E-state index in [1.54, 1.807) is 18.2 Å². The predicted octanol–water partition coefficient (Wildman–Crippen LogP) is 1.84. The molecule has 0 aliphatic rings. The average Bonchev–Trinajstić information content (AvgIpc) is 2.10. The summed E-state index contributed by atoms with van der Waals surface area (Å²) in [5.41, 5.74) is 0.137. The fraction of sp³-hybridized carbons (Fsp3) is 0.250.